The van der Waals surface area contributed by atoms with Gasteiger partial charge >= 0.3 is 0 Å². The van der Waals surface area contributed by atoms with Gasteiger partial charge in [0.25, 0.3) is 5.91 Å². The molecule has 0 atom stereocenters. The van der Waals surface area contributed by atoms with Crippen LogP contribution < -0.4 is 4.90 Å². The Morgan fingerprint density at radius 3 is 2.22 bits per heavy atom. The number of hydrogen-bond acceptors (Lipinski definition) is 6. The van der Waals surface area contributed by atoms with Crippen LogP contribution in [0.5, 0.6) is 0 Å². The van der Waals surface area contributed by atoms with E-state index in [0.717, 1.165) is 34.3 Å². The molecule has 0 spiro atoms. The zero-order valence-electron chi connectivity index (χ0n) is 21.8. The standard InChI is InChI=1S/C27H34N4O3S2.ClH/c1-7-14-30(15-8-2)36(33,34)23-12-10-22(11-13-23)26(32)31(17-9-16-29(5)6)27-28-24-19-20(3)18-21(4)25(24)35-27;/h7-8,10-13,18-19H,1-2,9,14-17H2,3-6H3;1H. The van der Waals surface area contributed by atoms with Gasteiger partial charge in [0.05, 0.1) is 15.1 Å². The topological polar surface area (TPSA) is 73.8 Å². The largest absolute Gasteiger partial charge is 0.309 e. The van der Waals surface area contributed by atoms with Crippen molar-refractivity contribution in [2.45, 2.75) is 25.2 Å². The van der Waals surface area contributed by atoms with Crippen LogP contribution in [0.15, 0.2) is 66.6 Å². The molecule has 7 nitrogen and oxygen atoms in total. The van der Waals surface area contributed by atoms with Gasteiger partial charge in [0, 0.05) is 25.2 Å². The van der Waals surface area contributed by atoms with Gasteiger partial charge in [-0.2, -0.15) is 4.31 Å². The molecular weight excluding hydrogens is 528 g/mol. The van der Waals surface area contributed by atoms with E-state index in [1.807, 2.05) is 27.1 Å². The summed E-state index contributed by atoms with van der Waals surface area (Å²) >= 11 is 1.50. The highest BCUT2D eigenvalue weighted by Gasteiger charge is 2.25. The Bertz CT molecular complexity index is 1340. The van der Waals surface area contributed by atoms with Gasteiger partial charge in [-0.05, 0) is 82.4 Å². The van der Waals surface area contributed by atoms with Gasteiger partial charge in [0.1, 0.15) is 0 Å². The van der Waals surface area contributed by atoms with Crippen LogP contribution >= 0.6 is 23.7 Å². The molecule has 0 aliphatic heterocycles. The summed E-state index contributed by atoms with van der Waals surface area (Å²) in [4.78, 5) is 22.3. The molecule has 3 aromatic rings. The molecule has 0 bridgehead atoms. The van der Waals surface area contributed by atoms with Crippen molar-refractivity contribution in [2.24, 2.45) is 0 Å². The summed E-state index contributed by atoms with van der Waals surface area (Å²) in [6, 6.07) is 10.2. The molecule has 0 radical (unpaired) electrons. The fourth-order valence-corrected chi connectivity index (χ4v) is 6.36. The maximum absolute atomic E-state index is 13.6. The molecule has 1 amide bonds. The van der Waals surface area contributed by atoms with Crippen LogP contribution in [-0.4, -0.2) is 68.8 Å². The highest BCUT2D eigenvalue weighted by molar-refractivity contribution is 7.89. The summed E-state index contributed by atoms with van der Waals surface area (Å²) in [6.45, 7) is 13.0. The third kappa shape index (κ3) is 7.27. The monoisotopic (exact) mass is 562 g/mol. The molecule has 0 saturated carbocycles. The van der Waals surface area contributed by atoms with Gasteiger partial charge in [-0.1, -0.05) is 29.6 Å². The van der Waals surface area contributed by atoms with Crippen molar-refractivity contribution in [1.82, 2.24) is 14.2 Å². The molecule has 0 fully saturated rings. The molecule has 0 aliphatic rings. The summed E-state index contributed by atoms with van der Waals surface area (Å²) in [5, 5.41) is 0.641. The molecule has 1 aromatic heterocycles. The number of nitrogens with zero attached hydrogens (tertiary/aromatic N) is 4. The number of benzene rings is 2. The minimum Gasteiger partial charge on any atom is -0.309 e. The third-order valence-electron chi connectivity index (χ3n) is 5.68. The third-order valence-corrected chi connectivity index (χ3v) is 8.75. The number of carbonyl (C=O) groups excluding carboxylic acids is 1. The van der Waals surface area contributed by atoms with E-state index in [9.17, 15) is 13.2 Å². The number of anilines is 1. The molecule has 0 unspecified atom stereocenters. The smallest absolute Gasteiger partial charge is 0.260 e. The van der Waals surface area contributed by atoms with Gasteiger partial charge < -0.3 is 4.90 Å². The number of sulfonamides is 1. The molecule has 2 aromatic carbocycles. The van der Waals surface area contributed by atoms with Gasteiger partial charge in [-0.25, -0.2) is 13.4 Å². The van der Waals surface area contributed by atoms with Crippen LogP contribution in [-0.2, 0) is 10.0 Å². The number of carbonyl (C=O) groups is 1. The molecular formula is C27H35ClN4O3S2. The normalized spacial score (nSPS) is 11.5. The van der Waals surface area contributed by atoms with E-state index in [1.165, 1.54) is 39.9 Å². The van der Waals surface area contributed by atoms with Crippen molar-refractivity contribution in [3.63, 3.8) is 0 Å². The Kier molecular flexibility index (Phi) is 11.0. The lowest BCUT2D eigenvalue weighted by Crippen LogP contribution is -2.33. The quantitative estimate of drug-likeness (QED) is 0.280. The molecule has 3 rings (SSSR count). The molecule has 0 aliphatic carbocycles. The van der Waals surface area contributed by atoms with E-state index in [-0.39, 0.29) is 36.3 Å². The second kappa shape index (κ2) is 13.3. The number of amides is 1. The highest BCUT2D eigenvalue weighted by Crippen LogP contribution is 2.33. The van der Waals surface area contributed by atoms with Crippen molar-refractivity contribution in [3.8, 4) is 0 Å². The number of aryl methyl sites for hydroxylation is 2. The first-order valence-electron chi connectivity index (χ1n) is 11.7. The number of aromatic nitrogens is 1. The second-order valence-electron chi connectivity index (χ2n) is 8.96. The molecule has 1 heterocycles. The zero-order valence-corrected chi connectivity index (χ0v) is 24.3. The zero-order chi connectivity index (χ0) is 26.5. The number of rotatable bonds is 12. The average molecular weight is 563 g/mol. The summed E-state index contributed by atoms with van der Waals surface area (Å²) in [5.74, 6) is -0.208. The summed E-state index contributed by atoms with van der Waals surface area (Å²) in [7, 11) is 0.254. The van der Waals surface area contributed by atoms with E-state index in [4.69, 9.17) is 4.98 Å². The molecule has 200 valence electrons. The van der Waals surface area contributed by atoms with Crippen LogP contribution in [0.3, 0.4) is 0 Å². The van der Waals surface area contributed by atoms with Crippen molar-refractivity contribution < 1.29 is 13.2 Å². The molecule has 10 heteroatoms. The summed E-state index contributed by atoms with van der Waals surface area (Å²) < 4.78 is 28.4. The van der Waals surface area contributed by atoms with Crippen molar-refractivity contribution in [3.05, 3.63) is 78.4 Å². The van der Waals surface area contributed by atoms with Crippen LogP contribution in [0.1, 0.15) is 27.9 Å². The predicted molar refractivity (Wildman–Crippen MR) is 157 cm³/mol. The van der Waals surface area contributed by atoms with Crippen molar-refractivity contribution in [1.29, 1.82) is 0 Å². The van der Waals surface area contributed by atoms with Crippen LogP contribution in [0.2, 0.25) is 0 Å². The minimum absolute atomic E-state index is 0. The first-order chi connectivity index (χ1) is 17.1. The SMILES string of the molecule is C=CCN(CC=C)S(=O)(=O)c1ccc(C(=O)N(CCCN(C)C)c2nc3cc(C)cc(C)c3s2)cc1.Cl. The first-order valence-corrected chi connectivity index (χ1v) is 14.0. The lowest BCUT2D eigenvalue weighted by atomic mass is 10.1. The van der Waals surface area contributed by atoms with Gasteiger partial charge in [-0.15, -0.1) is 25.6 Å². The maximum atomic E-state index is 13.6. The Morgan fingerprint density at radius 1 is 1.03 bits per heavy atom. The van der Waals surface area contributed by atoms with Gasteiger partial charge in [0.2, 0.25) is 10.0 Å². The molecule has 0 N–H and O–H groups in total. The predicted octanol–water partition coefficient (Wildman–Crippen LogP) is 5.30. The van der Waals surface area contributed by atoms with Gasteiger partial charge in [-0.3, -0.25) is 9.69 Å². The van der Waals surface area contributed by atoms with E-state index < -0.39 is 10.0 Å². The van der Waals surface area contributed by atoms with E-state index in [0.29, 0.717) is 17.2 Å². The minimum atomic E-state index is -3.74. The number of thiazole rings is 1. The van der Waals surface area contributed by atoms with Crippen molar-refractivity contribution in [2.75, 3.05) is 45.2 Å². The summed E-state index contributed by atoms with van der Waals surface area (Å²) in [6.07, 6.45) is 3.84. The fraction of sp³-hybridized carbons (Fsp3) is 0.333. The Hall–Kier alpha value is -2.56. The fourth-order valence-electron chi connectivity index (χ4n) is 3.94. The van der Waals surface area contributed by atoms with E-state index in [2.05, 4.69) is 31.0 Å². The lowest BCUT2D eigenvalue weighted by molar-refractivity contribution is 0.0986. The number of fused-ring (bicyclic) bond motifs is 1. The highest BCUT2D eigenvalue weighted by atomic mass is 35.5. The molecule has 37 heavy (non-hydrogen) atoms. The number of halogens is 1. The Balaban J connectivity index is 0.00000481. The van der Waals surface area contributed by atoms with E-state index in [1.54, 1.807) is 17.0 Å². The van der Waals surface area contributed by atoms with Crippen molar-refractivity contribution >= 4 is 55.0 Å². The van der Waals surface area contributed by atoms with Gasteiger partial charge in [0.15, 0.2) is 5.13 Å². The van der Waals surface area contributed by atoms with Crippen LogP contribution in [0.4, 0.5) is 5.13 Å². The van der Waals surface area contributed by atoms with E-state index >= 15 is 0 Å². The Morgan fingerprint density at radius 2 is 1.65 bits per heavy atom. The lowest BCUT2D eigenvalue weighted by Gasteiger charge is -2.22. The maximum Gasteiger partial charge on any atom is 0.260 e. The van der Waals surface area contributed by atoms with Crippen LogP contribution in [0, 0.1) is 13.8 Å². The van der Waals surface area contributed by atoms with Crippen LogP contribution in [0.25, 0.3) is 10.2 Å². The second-order valence-corrected chi connectivity index (χ2v) is 11.9. The summed E-state index contributed by atoms with van der Waals surface area (Å²) in [5.41, 5.74) is 3.54. The average Bonchev–Trinajstić information content (AvgIpc) is 3.25. The Labute approximate surface area is 230 Å². The first kappa shape index (κ1) is 30.7. The number of hydrogen-bond donors (Lipinski definition) is 0. The molecule has 0 saturated heterocycles.